The zero-order valence-corrected chi connectivity index (χ0v) is 12.0. The first kappa shape index (κ1) is 14.3. The lowest BCUT2D eigenvalue weighted by Gasteiger charge is -2.09. The molecule has 0 aliphatic carbocycles. The standard InChI is InChI=1S/C15H14ClNO3/c1-10-5-11(2)7-14(6-10)20-9-12-3-4-13(17(18)19)8-15(12)16/h3-8H,9H2,1-2H3. The van der Waals surface area contributed by atoms with E-state index in [4.69, 9.17) is 16.3 Å². The fourth-order valence-electron chi connectivity index (χ4n) is 1.94. The molecule has 0 N–H and O–H groups in total. The Hall–Kier alpha value is -2.07. The summed E-state index contributed by atoms with van der Waals surface area (Å²) in [5.41, 5.74) is 2.94. The quantitative estimate of drug-likeness (QED) is 0.618. The molecule has 2 rings (SSSR count). The molecular weight excluding hydrogens is 278 g/mol. The first-order chi connectivity index (χ1) is 9.45. The zero-order chi connectivity index (χ0) is 14.7. The number of hydrogen-bond donors (Lipinski definition) is 0. The first-order valence-corrected chi connectivity index (χ1v) is 6.47. The predicted octanol–water partition coefficient (Wildman–Crippen LogP) is 4.44. The summed E-state index contributed by atoms with van der Waals surface area (Å²) in [5.74, 6) is 0.761. The van der Waals surface area contributed by atoms with Crippen molar-refractivity contribution in [3.63, 3.8) is 0 Å². The third kappa shape index (κ3) is 3.48. The molecule has 0 aliphatic rings. The second-order valence-electron chi connectivity index (χ2n) is 4.64. The number of non-ortho nitro benzene ring substituents is 1. The van der Waals surface area contributed by atoms with E-state index in [0.29, 0.717) is 5.02 Å². The number of ether oxygens (including phenoxy) is 1. The van der Waals surface area contributed by atoms with Crippen molar-refractivity contribution < 1.29 is 9.66 Å². The van der Waals surface area contributed by atoms with Gasteiger partial charge < -0.3 is 4.74 Å². The minimum Gasteiger partial charge on any atom is -0.489 e. The van der Waals surface area contributed by atoms with E-state index in [9.17, 15) is 10.1 Å². The maximum Gasteiger partial charge on any atom is 0.270 e. The highest BCUT2D eigenvalue weighted by molar-refractivity contribution is 6.31. The predicted molar refractivity (Wildman–Crippen MR) is 78.4 cm³/mol. The Bertz CT molecular complexity index is 635. The number of nitro groups is 1. The molecule has 0 aliphatic heterocycles. The van der Waals surface area contributed by atoms with Crippen molar-refractivity contribution in [2.24, 2.45) is 0 Å². The SMILES string of the molecule is Cc1cc(C)cc(OCc2ccc([N+](=O)[O-])cc2Cl)c1. The smallest absolute Gasteiger partial charge is 0.270 e. The second kappa shape index (κ2) is 5.92. The molecule has 104 valence electrons. The van der Waals surface area contributed by atoms with Crippen molar-refractivity contribution in [1.82, 2.24) is 0 Å². The van der Waals surface area contributed by atoms with Crippen LogP contribution in [0.2, 0.25) is 5.02 Å². The van der Waals surface area contributed by atoms with Crippen molar-refractivity contribution in [2.45, 2.75) is 20.5 Å². The lowest BCUT2D eigenvalue weighted by atomic mass is 10.1. The largest absolute Gasteiger partial charge is 0.489 e. The molecule has 0 spiro atoms. The molecule has 0 unspecified atom stereocenters. The molecule has 20 heavy (non-hydrogen) atoms. The molecule has 0 saturated carbocycles. The van der Waals surface area contributed by atoms with Gasteiger partial charge >= 0.3 is 0 Å². The van der Waals surface area contributed by atoms with Crippen LogP contribution in [0.15, 0.2) is 36.4 Å². The lowest BCUT2D eigenvalue weighted by Crippen LogP contribution is -1.98. The minimum atomic E-state index is -0.472. The number of rotatable bonds is 4. The van der Waals surface area contributed by atoms with E-state index in [2.05, 4.69) is 6.07 Å². The van der Waals surface area contributed by atoms with Crippen LogP contribution in [0.4, 0.5) is 5.69 Å². The van der Waals surface area contributed by atoms with Crippen molar-refractivity contribution in [3.05, 3.63) is 68.2 Å². The van der Waals surface area contributed by atoms with Crippen LogP contribution in [0.3, 0.4) is 0 Å². The van der Waals surface area contributed by atoms with Crippen LogP contribution in [0.25, 0.3) is 0 Å². The monoisotopic (exact) mass is 291 g/mol. The number of hydrogen-bond acceptors (Lipinski definition) is 3. The highest BCUT2D eigenvalue weighted by Gasteiger charge is 2.09. The molecule has 2 aromatic rings. The van der Waals surface area contributed by atoms with E-state index >= 15 is 0 Å². The number of nitro benzene ring substituents is 1. The maximum absolute atomic E-state index is 10.6. The Labute approximate surface area is 122 Å². The Morgan fingerprint density at radius 1 is 1.15 bits per heavy atom. The Balaban J connectivity index is 2.12. The van der Waals surface area contributed by atoms with Gasteiger partial charge in [-0.3, -0.25) is 10.1 Å². The molecule has 0 fully saturated rings. The van der Waals surface area contributed by atoms with Crippen LogP contribution < -0.4 is 4.74 Å². The zero-order valence-electron chi connectivity index (χ0n) is 11.2. The fraction of sp³-hybridized carbons (Fsp3) is 0.200. The van der Waals surface area contributed by atoms with Gasteiger partial charge in [-0.2, -0.15) is 0 Å². The van der Waals surface area contributed by atoms with Gasteiger partial charge in [0.1, 0.15) is 12.4 Å². The van der Waals surface area contributed by atoms with E-state index in [0.717, 1.165) is 22.4 Å². The van der Waals surface area contributed by atoms with Crippen molar-refractivity contribution in [3.8, 4) is 5.75 Å². The fourth-order valence-corrected chi connectivity index (χ4v) is 2.17. The van der Waals surface area contributed by atoms with E-state index in [1.54, 1.807) is 6.07 Å². The van der Waals surface area contributed by atoms with Gasteiger partial charge in [-0.25, -0.2) is 0 Å². The molecule has 0 atom stereocenters. The van der Waals surface area contributed by atoms with Gasteiger partial charge in [0.25, 0.3) is 5.69 Å². The number of halogens is 1. The summed E-state index contributed by atoms with van der Waals surface area (Å²) in [4.78, 5) is 10.2. The van der Waals surface area contributed by atoms with Crippen LogP contribution in [-0.4, -0.2) is 4.92 Å². The van der Waals surface area contributed by atoms with Gasteiger partial charge in [-0.05, 0) is 43.2 Å². The first-order valence-electron chi connectivity index (χ1n) is 6.09. The number of aryl methyl sites for hydroxylation is 2. The van der Waals surface area contributed by atoms with Crippen LogP contribution in [-0.2, 0) is 6.61 Å². The van der Waals surface area contributed by atoms with Crippen molar-refractivity contribution in [2.75, 3.05) is 0 Å². The molecule has 0 amide bonds. The number of nitrogens with zero attached hydrogens (tertiary/aromatic N) is 1. The molecule has 2 aromatic carbocycles. The summed E-state index contributed by atoms with van der Waals surface area (Å²) in [6.45, 7) is 4.27. The van der Waals surface area contributed by atoms with Crippen LogP contribution >= 0.6 is 11.6 Å². The van der Waals surface area contributed by atoms with E-state index in [1.165, 1.54) is 12.1 Å². The Kier molecular flexibility index (Phi) is 4.25. The van der Waals surface area contributed by atoms with E-state index in [1.807, 2.05) is 26.0 Å². The number of benzene rings is 2. The van der Waals surface area contributed by atoms with Gasteiger partial charge in [0.2, 0.25) is 0 Å². The van der Waals surface area contributed by atoms with Gasteiger partial charge in [0, 0.05) is 17.7 Å². The van der Waals surface area contributed by atoms with Gasteiger partial charge in [-0.15, -0.1) is 0 Å². The molecule has 0 aromatic heterocycles. The average molecular weight is 292 g/mol. The highest BCUT2D eigenvalue weighted by atomic mass is 35.5. The van der Waals surface area contributed by atoms with Crippen LogP contribution in [0, 0.1) is 24.0 Å². The van der Waals surface area contributed by atoms with Crippen LogP contribution in [0.5, 0.6) is 5.75 Å². The molecular formula is C15H14ClNO3. The molecule has 0 saturated heterocycles. The molecule has 5 heteroatoms. The molecule has 0 bridgehead atoms. The summed E-state index contributed by atoms with van der Waals surface area (Å²) >= 11 is 6.02. The second-order valence-corrected chi connectivity index (χ2v) is 5.05. The third-order valence-electron chi connectivity index (χ3n) is 2.84. The third-order valence-corrected chi connectivity index (χ3v) is 3.19. The van der Waals surface area contributed by atoms with Crippen molar-refractivity contribution >= 4 is 17.3 Å². The van der Waals surface area contributed by atoms with Gasteiger partial charge in [0.15, 0.2) is 0 Å². The minimum absolute atomic E-state index is 0.0230. The Morgan fingerprint density at radius 2 is 1.80 bits per heavy atom. The summed E-state index contributed by atoms with van der Waals surface area (Å²) in [6, 6.07) is 10.3. The molecule has 0 radical (unpaired) electrons. The summed E-state index contributed by atoms with van der Waals surface area (Å²) in [5, 5.41) is 11.0. The van der Waals surface area contributed by atoms with Crippen molar-refractivity contribution in [1.29, 1.82) is 0 Å². The lowest BCUT2D eigenvalue weighted by molar-refractivity contribution is -0.384. The normalized spacial score (nSPS) is 10.3. The van der Waals surface area contributed by atoms with Gasteiger partial charge in [-0.1, -0.05) is 17.7 Å². The average Bonchev–Trinajstić information content (AvgIpc) is 2.36. The Morgan fingerprint density at radius 3 is 2.35 bits per heavy atom. The van der Waals surface area contributed by atoms with E-state index in [-0.39, 0.29) is 12.3 Å². The van der Waals surface area contributed by atoms with Crippen LogP contribution in [0.1, 0.15) is 16.7 Å². The summed E-state index contributed by atoms with van der Waals surface area (Å²) in [7, 11) is 0. The molecule has 4 nitrogen and oxygen atoms in total. The topological polar surface area (TPSA) is 52.4 Å². The van der Waals surface area contributed by atoms with E-state index < -0.39 is 4.92 Å². The summed E-state index contributed by atoms with van der Waals surface area (Å²) < 4.78 is 5.68. The summed E-state index contributed by atoms with van der Waals surface area (Å²) in [6.07, 6.45) is 0. The highest BCUT2D eigenvalue weighted by Crippen LogP contribution is 2.24. The molecule has 0 heterocycles. The van der Waals surface area contributed by atoms with Gasteiger partial charge in [0.05, 0.1) is 9.95 Å². The maximum atomic E-state index is 10.6.